The van der Waals surface area contributed by atoms with Crippen LogP contribution in [0.25, 0.3) is 0 Å². The van der Waals surface area contributed by atoms with E-state index in [1.807, 2.05) is 12.3 Å². The topological polar surface area (TPSA) is 73.0 Å². The van der Waals surface area contributed by atoms with Crippen LogP contribution in [0.1, 0.15) is 5.69 Å². The van der Waals surface area contributed by atoms with Gasteiger partial charge in [0.1, 0.15) is 5.75 Å². The number of anilines is 1. The number of aromatic nitrogens is 1. The van der Waals surface area contributed by atoms with Crippen molar-refractivity contribution >= 4 is 11.7 Å². The lowest BCUT2D eigenvalue weighted by molar-refractivity contribution is 0.535. The SMILES string of the molecule is Cc1ncccc1N(C#N)C(=N)Oc1ccccc1. The van der Waals surface area contributed by atoms with Crippen LogP contribution in [-0.4, -0.2) is 11.0 Å². The molecule has 0 saturated carbocycles. The molecule has 5 nitrogen and oxygen atoms in total. The maximum atomic E-state index is 9.18. The van der Waals surface area contributed by atoms with Crippen LogP contribution in [0.5, 0.6) is 5.75 Å². The van der Waals surface area contributed by atoms with Crippen molar-refractivity contribution in [3.8, 4) is 11.9 Å². The zero-order valence-electron chi connectivity index (χ0n) is 10.4. The van der Waals surface area contributed by atoms with E-state index in [1.165, 1.54) is 0 Å². The monoisotopic (exact) mass is 252 g/mol. The molecule has 5 heteroatoms. The molecule has 0 saturated heterocycles. The van der Waals surface area contributed by atoms with Crippen molar-refractivity contribution in [2.75, 3.05) is 4.90 Å². The normalized spacial score (nSPS) is 9.47. The fourth-order valence-electron chi connectivity index (χ4n) is 1.57. The smallest absolute Gasteiger partial charge is 0.308 e. The first-order valence-corrected chi connectivity index (χ1v) is 5.65. The lowest BCUT2D eigenvalue weighted by atomic mass is 10.3. The Morgan fingerprint density at radius 1 is 1.26 bits per heavy atom. The van der Waals surface area contributed by atoms with Crippen molar-refractivity contribution in [2.24, 2.45) is 0 Å². The second-order valence-corrected chi connectivity index (χ2v) is 3.76. The number of hydrogen-bond donors (Lipinski definition) is 1. The van der Waals surface area contributed by atoms with Gasteiger partial charge in [-0.05, 0) is 31.2 Å². The Kier molecular flexibility index (Phi) is 3.74. The molecule has 1 N–H and O–H groups in total. The number of pyridine rings is 1. The Balaban J connectivity index is 2.22. The highest BCUT2D eigenvalue weighted by Crippen LogP contribution is 2.18. The van der Waals surface area contributed by atoms with Gasteiger partial charge in [-0.25, -0.2) is 5.41 Å². The molecule has 1 aromatic heterocycles. The quantitative estimate of drug-likeness (QED) is 0.386. The Labute approximate surface area is 111 Å². The van der Waals surface area contributed by atoms with Crippen LogP contribution >= 0.6 is 0 Å². The maximum Gasteiger partial charge on any atom is 0.308 e. The second kappa shape index (κ2) is 5.65. The van der Waals surface area contributed by atoms with Gasteiger partial charge in [0.15, 0.2) is 6.19 Å². The van der Waals surface area contributed by atoms with Gasteiger partial charge in [-0.3, -0.25) is 4.98 Å². The summed E-state index contributed by atoms with van der Waals surface area (Å²) in [6.07, 6.45) is 3.56. The highest BCUT2D eigenvalue weighted by atomic mass is 16.5. The number of hydrogen-bond acceptors (Lipinski definition) is 4. The van der Waals surface area contributed by atoms with E-state index in [1.54, 1.807) is 49.5 Å². The van der Waals surface area contributed by atoms with E-state index in [2.05, 4.69) is 4.98 Å². The first kappa shape index (κ1) is 12.6. The summed E-state index contributed by atoms with van der Waals surface area (Å²) in [6, 6.07) is 12.1. The minimum Gasteiger partial charge on any atom is -0.425 e. The number of nitriles is 1. The number of rotatable bonds is 2. The van der Waals surface area contributed by atoms with Crippen molar-refractivity contribution in [3.63, 3.8) is 0 Å². The average molecular weight is 252 g/mol. The number of benzene rings is 1. The Hall–Kier alpha value is -2.87. The van der Waals surface area contributed by atoms with Gasteiger partial charge in [-0.2, -0.15) is 10.2 Å². The molecule has 0 amide bonds. The molecule has 0 unspecified atom stereocenters. The molecule has 1 heterocycles. The van der Waals surface area contributed by atoms with Gasteiger partial charge >= 0.3 is 6.02 Å². The summed E-state index contributed by atoms with van der Waals surface area (Å²) in [5, 5.41) is 17.1. The summed E-state index contributed by atoms with van der Waals surface area (Å²) >= 11 is 0. The van der Waals surface area contributed by atoms with Crippen LogP contribution < -0.4 is 9.64 Å². The fraction of sp³-hybridized carbons (Fsp3) is 0.0714. The number of ether oxygens (including phenoxy) is 1. The standard InChI is InChI=1S/C14H12N4O/c1-11-13(8-5-9-17-11)18(10-15)14(16)19-12-6-3-2-4-7-12/h2-9,16H,1H3. The van der Waals surface area contributed by atoms with Gasteiger partial charge < -0.3 is 4.74 Å². The highest BCUT2D eigenvalue weighted by molar-refractivity contribution is 5.94. The summed E-state index contributed by atoms with van der Waals surface area (Å²) in [4.78, 5) is 5.19. The van der Waals surface area contributed by atoms with Crippen molar-refractivity contribution in [1.82, 2.24) is 4.98 Å². The lowest BCUT2D eigenvalue weighted by Gasteiger charge is -2.17. The van der Waals surface area contributed by atoms with E-state index >= 15 is 0 Å². The predicted molar refractivity (Wildman–Crippen MR) is 71.9 cm³/mol. The first-order valence-electron chi connectivity index (χ1n) is 5.65. The summed E-state index contributed by atoms with van der Waals surface area (Å²) in [5.74, 6) is 0.509. The van der Waals surface area contributed by atoms with E-state index in [9.17, 15) is 5.26 Å². The molecule has 0 aliphatic carbocycles. The minimum atomic E-state index is -0.259. The number of aryl methyl sites for hydroxylation is 1. The highest BCUT2D eigenvalue weighted by Gasteiger charge is 2.16. The molecule has 0 fully saturated rings. The van der Waals surface area contributed by atoms with Crippen LogP contribution in [0.2, 0.25) is 0 Å². The molecule has 1 aromatic carbocycles. The fourth-order valence-corrected chi connectivity index (χ4v) is 1.57. The zero-order chi connectivity index (χ0) is 13.7. The van der Waals surface area contributed by atoms with E-state index in [0.717, 1.165) is 4.90 Å². The molecule has 0 aliphatic rings. The van der Waals surface area contributed by atoms with Crippen LogP contribution in [-0.2, 0) is 0 Å². The molecule has 19 heavy (non-hydrogen) atoms. The Morgan fingerprint density at radius 3 is 2.63 bits per heavy atom. The van der Waals surface area contributed by atoms with Crippen LogP contribution in [0.15, 0.2) is 48.7 Å². The Morgan fingerprint density at radius 2 is 2.00 bits per heavy atom. The predicted octanol–water partition coefficient (Wildman–Crippen LogP) is 2.69. The van der Waals surface area contributed by atoms with Crippen molar-refractivity contribution in [3.05, 3.63) is 54.4 Å². The van der Waals surface area contributed by atoms with Crippen LogP contribution in [0.3, 0.4) is 0 Å². The molecule has 0 atom stereocenters. The number of nitrogens with one attached hydrogen (secondary N) is 1. The molecule has 0 radical (unpaired) electrons. The molecular formula is C14H12N4O. The maximum absolute atomic E-state index is 9.18. The van der Waals surface area contributed by atoms with Gasteiger partial charge in [0.25, 0.3) is 0 Å². The van der Waals surface area contributed by atoms with Gasteiger partial charge in [0.2, 0.25) is 0 Å². The van der Waals surface area contributed by atoms with E-state index in [4.69, 9.17) is 10.1 Å². The number of nitrogens with zero attached hydrogens (tertiary/aromatic N) is 3. The van der Waals surface area contributed by atoms with Crippen LogP contribution in [0.4, 0.5) is 5.69 Å². The average Bonchev–Trinajstić information content (AvgIpc) is 2.43. The second-order valence-electron chi connectivity index (χ2n) is 3.76. The van der Waals surface area contributed by atoms with Crippen molar-refractivity contribution in [1.29, 1.82) is 10.7 Å². The molecule has 2 aromatic rings. The molecular weight excluding hydrogens is 240 g/mol. The molecule has 94 valence electrons. The van der Waals surface area contributed by atoms with E-state index in [0.29, 0.717) is 17.1 Å². The third kappa shape index (κ3) is 2.87. The van der Waals surface area contributed by atoms with Crippen molar-refractivity contribution in [2.45, 2.75) is 6.92 Å². The number of amidine groups is 1. The Bertz CT molecular complexity index is 619. The van der Waals surface area contributed by atoms with Crippen LogP contribution in [0, 0.1) is 23.8 Å². The van der Waals surface area contributed by atoms with Crippen molar-refractivity contribution < 1.29 is 4.74 Å². The van der Waals surface area contributed by atoms with E-state index < -0.39 is 0 Å². The largest absolute Gasteiger partial charge is 0.425 e. The minimum absolute atomic E-state index is 0.259. The summed E-state index contributed by atoms with van der Waals surface area (Å²) in [5.41, 5.74) is 1.19. The first-order chi connectivity index (χ1) is 9.22. The van der Waals surface area contributed by atoms with Gasteiger partial charge in [0.05, 0.1) is 11.4 Å². The third-order valence-electron chi connectivity index (χ3n) is 2.48. The summed E-state index contributed by atoms with van der Waals surface area (Å²) < 4.78 is 5.34. The zero-order valence-corrected chi connectivity index (χ0v) is 10.4. The van der Waals surface area contributed by atoms with Gasteiger partial charge in [-0.15, -0.1) is 0 Å². The van der Waals surface area contributed by atoms with Gasteiger partial charge in [-0.1, -0.05) is 18.2 Å². The van der Waals surface area contributed by atoms with E-state index in [-0.39, 0.29) is 6.02 Å². The van der Waals surface area contributed by atoms with Gasteiger partial charge in [0, 0.05) is 6.20 Å². The number of para-hydroxylation sites is 1. The lowest BCUT2D eigenvalue weighted by Crippen LogP contribution is -2.30. The third-order valence-corrected chi connectivity index (χ3v) is 2.48. The molecule has 2 rings (SSSR count). The molecule has 0 spiro atoms. The summed E-state index contributed by atoms with van der Waals surface area (Å²) in [6.45, 7) is 1.77. The molecule has 0 bridgehead atoms. The summed E-state index contributed by atoms with van der Waals surface area (Å²) in [7, 11) is 0. The molecule has 0 aliphatic heterocycles.